The summed E-state index contributed by atoms with van der Waals surface area (Å²) in [5.74, 6) is -0.0296. The average molecular weight is 251 g/mol. The smallest absolute Gasteiger partial charge is 0.227 e. The van der Waals surface area contributed by atoms with Gasteiger partial charge >= 0.3 is 0 Å². The van der Waals surface area contributed by atoms with Crippen LogP contribution in [0.25, 0.3) is 0 Å². The molecule has 0 saturated carbocycles. The van der Waals surface area contributed by atoms with Crippen LogP contribution in [-0.4, -0.2) is 16.9 Å². The number of nitrogens with zero attached hydrogens (tertiary/aromatic N) is 1. The second-order valence-corrected chi connectivity index (χ2v) is 5.38. The number of hydrogen-bond donors (Lipinski definition) is 2. The fourth-order valence-corrected chi connectivity index (χ4v) is 2.61. The lowest BCUT2D eigenvalue weighted by atomic mass is 10.1. The normalized spacial score (nSPS) is 22.9. The Bertz CT molecular complexity index is 427. The summed E-state index contributed by atoms with van der Waals surface area (Å²) >= 11 is 1.65. The Kier molecular flexibility index (Phi) is 3.91. The van der Waals surface area contributed by atoms with Crippen molar-refractivity contribution in [2.45, 2.75) is 32.4 Å². The summed E-state index contributed by atoms with van der Waals surface area (Å²) in [5.41, 5.74) is 5.71. The maximum Gasteiger partial charge on any atom is 0.227 e. The Labute approximate surface area is 105 Å². The molecule has 1 amide bonds. The van der Waals surface area contributed by atoms with Gasteiger partial charge in [-0.3, -0.25) is 4.79 Å². The van der Waals surface area contributed by atoms with E-state index in [1.54, 1.807) is 11.3 Å². The van der Waals surface area contributed by atoms with Gasteiger partial charge in [-0.25, -0.2) is 4.98 Å². The maximum absolute atomic E-state index is 11.8. The summed E-state index contributed by atoms with van der Waals surface area (Å²) in [4.78, 5) is 17.3. The first-order valence-electron chi connectivity index (χ1n) is 5.84. The Balaban J connectivity index is 1.82. The third-order valence-electron chi connectivity index (χ3n) is 2.82. The van der Waals surface area contributed by atoms with Gasteiger partial charge in [0.25, 0.3) is 0 Å². The second kappa shape index (κ2) is 5.42. The van der Waals surface area contributed by atoms with E-state index in [0.717, 1.165) is 11.4 Å². The van der Waals surface area contributed by atoms with Crippen LogP contribution in [0.15, 0.2) is 18.3 Å². The number of aromatic nitrogens is 1. The predicted molar refractivity (Wildman–Crippen MR) is 68.6 cm³/mol. The molecule has 2 rings (SSSR count). The average Bonchev–Trinajstić information content (AvgIpc) is 2.94. The van der Waals surface area contributed by atoms with Crippen LogP contribution in [0.3, 0.4) is 0 Å². The molecule has 0 aliphatic heterocycles. The zero-order valence-corrected chi connectivity index (χ0v) is 10.7. The molecule has 1 aliphatic rings. The number of rotatable bonds is 4. The second-order valence-electron chi connectivity index (χ2n) is 4.18. The number of aryl methyl sites for hydroxylation is 1. The fraction of sp³-hybridized carbons (Fsp3) is 0.500. The largest absolute Gasteiger partial charge is 0.349 e. The summed E-state index contributed by atoms with van der Waals surface area (Å²) < 4.78 is 0. The van der Waals surface area contributed by atoms with Gasteiger partial charge < -0.3 is 11.1 Å². The summed E-state index contributed by atoms with van der Waals surface area (Å²) in [6.07, 6.45) is 7.36. The van der Waals surface area contributed by atoms with Gasteiger partial charge in [0.05, 0.1) is 12.5 Å². The molecular weight excluding hydrogens is 234 g/mol. The van der Waals surface area contributed by atoms with E-state index in [0.29, 0.717) is 13.0 Å². The minimum Gasteiger partial charge on any atom is -0.349 e. The molecule has 1 heterocycles. The monoisotopic (exact) mass is 251 g/mol. The predicted octanol–water partition coefficient (Wildman–Crippen LogP) is 1.23. The number of carbonyl (C=O) groups excluding carboxylic acids is 1. The van der Waals surface area contributed by atoms with Crippen molar-refractivity contribution in [1.82, 2.24) is 10.3 Å². The lowest BCUT2D eigenvalue weighted by Crippen LogP contribution is -2.30. The molecule has 0 radical (unpaired) electrons. The van der Waals surface area contributed by atoms with Crippen LogP contribution in [0.5, 0.6) is 0 Å². The molecule has 17 heavy (non-hydrogen) atoms. The van der Waals surface area contributed by atoms with Gasteiger partial charge in [0, 0.05) is 17.1 Å². The third-order valence-corrected chi connectivity index (χ3v) is 3.96. The van der Waals surface area contributed by atoms with Crippen molar-refractivity contribution in [2.75, 3.05) is 0 Å². The fourth-order valence-electron chi connectivity index (χ4n) is 1.81. The Hall–Kier alpha value is -1.20. The molecule has 1 aromatic rings. The van der Waals surface area contributed by atoms with Crippen molar-refractivity contribution in [3.63, 3.8) is 0 Å². The van der Waals surface area contributed by atoms with E-state index in [4.69, 9.17) is 5.73 Å². The Morgan fingerprint density at radius 2 is 2.47 bits per heavy atom. The topological polar surface area (TPSA) is 68.0 Å². The van der Waals surface area contributed by atoms with E-state index in [-0.39, 0.29) is 17.9 Å². The van der Waals surface area contributed by atoms with Gasteiger partial charge in [0.2, 0.25) is 5.91 Å². The third kappa shape index (κ3) is 3.14. The molecule has 0 spiro atoms. The minimum atomic E-state index is -0.0735. The highest BCUT2D eigenvalue weighted by atomic mass is 32.1. The quantitative estimate of drug-likeness (QED) is 0.791. The number of amides is 1. The van der Waals surface area contributed by atoms with E-state index >= 15 is 0 Å². The van der Waals surface area contributed by atoms with Crippen LogP contribution in [-0.2, 0) is 17.8 Å². The van der Waals surface area contributed by atoms with Crippen LogP contribution in [0.4, 0.5) is 0 Å². The molecular formula is C12H17N3OS. The number of carbonyl (C=O) groups is 1. The van der Waals surface area contributed by atoms with Gasteiger partial charge in [-0.2, -0.15) is 0 Å². The highest BCUT2D eigenvalue weighted by Crippen LogP contribution is 2.17. The Morgan fingerprint density at radius 3 is 3.06 bits per heavy atom. The summed E-state index contributed by atoms with van der Waals surface area (Å²) in [7, 11) is 0. The van der Waals surface area contributed by atoms with Crippen molar-refractivity contribution in [2.24, 2.45) is 11.7 Å². The molecule has 5 heteroatoms. The van der Waals surface area contributed by atoms with Crippen LogP contribution in [0.2, 0.25) is 0 Å². The van der Waals surface area contributed by atoms with E-state index in [1.807, 2.05) is 18.3 Å². The summed E-state index contributed by atoms with van der Waals surface area (Å²) in [6.45, 7) is 2.61. The summed E-state index contributed by atoms with van der Waals surface area (Å²) in [5, 5.41) is 3.86. The van der Waals surface area contributed by atoms with Crippen LogP contribution < -0.4 is 11.1 Å². The van der Waals surface area contributed by atoms with E-state index in [9.17, 15) is 4.79 Å². The van der Waals surface area contributed by atoms with Gasteiger partial charge in [-0.1, -0.05) is 19.1 Å². The molecule has 1 aliphatic carbocycles. The number of nitrogens with two attached hydrogens (primary N) is 1. The number of thiazole rings is 1. The summed E-state index contributed by atoms with van der Waals surface area (Å²) in [6, 6.07) is 0.0253. The van der Waals surface area contributed by atoms with Gasteiger partial charge in [-0.15, -0.1) is 11.3 Å². The molecule has 2 atom stereocenters. The van der Waals surface area contributed by atoms with Crippen LogP contribution >= 0.6 is 11.3 Å². The number of nitrogens with one attached hydrogen (secondary N) is 1. The highest BCUT2D eigenvalue weighted by Gasteiger charge is 2.22. The zero-order chi connectivity index (χ0) is 12.3. The molecule has 0 fully saturated rings. The van der Waals surface area contributed by atoms with E-state index in [1.165, 1.54) is 4.88 Å². The van der Waals surface area contributed by atoms with Crippen molar-refractivity contribution in [3.8, 4) is 0 Å². The van der Waals surface area contributed by atoms with Crippen molar-refractivity contribution in [1.29, 1.82) is 0 Å². The first kappa shape index (κ1) is 12.3. The minimum absolute atomic E-state index is 0.0253. The van der Waals surface area contributed by atoms with E-state index < -0.39 is 0 Å². The highest BCUT2D eigenvalue weighted by molar-refractivity contribution is 7.11. The van der Waals surface area contributed by atoms with Crippen molar-refractivity contribution >= 4 is 17.2 Å². The first-order chi connectivity index (χ1) is 8.19. The van der Waals surface area contributed by atoms with E-state index in [2.05, 4.69) is 17.2 Å². The standard InChI is InChI=1S/C12H17N3OS/c1-2-10-6-14-11(17-10)7-15-12(16)8-3-4-9(13)5-8/h3-4,6,8-9H,2,5,7,13H2,1H3,(H,15,16). The van der Waals surface area contributed by atoms with Gasteiger partial charge in [-0.05, 0) is 12.8 Å². The van der Waals surface area contributed by atoms with Gasteiger partial charge in [0.1, 0.15) is 5.01 Å². The zero-order valence-electron chi connectivity index (χ0n) is 9.85. The molecule has 0 bridgehead atoms. The molecule has 1 aromatic heterocycles. The Morgan fingerprint density at radius 1 is 1.65 bits per heavy atom. The molecule has 92 valence electrons. The van der Waals surface area contributed by atoms with Crippen molar-refractivity contribution < 1.29 is 4.79 Å². The van der Waals surface area contributed by atoms with Crippen LogP contribution in [0, 0.1) is 5.92 Å². The molecule has 4 nitrogen and oxygen atoms in total. The molecule has 2 unspecified atom stereocenters. The van der Waals surface area contributed by atoms with Crippen LogP contribution in [0.1, 0.15) is 23.2 Å². The molecule has 0 saturated heterocycles. The van der Waals surface area contributed by atoms with Gasteiger partial charge in [0.15, 0.2) is 0 Å². The van der Waals surface area contributed by atoms with Crippen molar-refractivity contribution in [3.05, 3.63) is 28.2 Å². The lowest BCUT2D eigenvalue weighted by Gasteiger charge is -2.09. The maximum atomic E-state index is 11.8. The molecule has 3 N–H and O–H groups in total. The number of hydrogen-bond acceptors (Lipinski definition) is 4. The SMILES string of the molecule is CCc1cnc(CNC(=O)C2C=CC(N)C2)s1. The molecule has 0 aromatic carbocycles. The lowest BCUT2D eigenvalue weighted by molar-refractivity contribution is -0.123. The first-order valence-corrected chi connectivity index (χ1v) is 6.66.